The second-order valence-electron chi connectivity index (χ2n) is 9.81. The van der Waals surface area contributed by atoms with Gasteiger partial charge in [-0.15, -0.1) is 0 Å². The normalized spacial score (nSPS) is 20.6. The van der Waals surface area contributed by atoms with Gasteiger partial charge in [-0.05, 0) is 26.7 Å². The van der Waals surface area contributed by atoms with Gasteiger partial charge < -0.3 is 15.0 Å². The van der Waals surface area contributed by atoms with Crippen LogP contribution < -0.4 is 20.5 Å². The van der Waals surface area contributed by atoms with Crippen LogP contribution in [0.5, 0.6) is 5.75 Å². The summed E-state index contributed by atoms with van der Waals surface area (Å²) in [7, 11) is 0. The van der Waals surface area contributed by atoms with Crippen molar-refractivity contribution >= 4 is 11.8 Å². The number of benzene rings is 1. The standard InChI is InChI=1S/C26H29F5N4O4/c1-4-5-6-39-23-21-26(38)33-12-35(13(2)7-16(14(33)3)24(30)31)34(21)11-18(22(23)36)25(37)32-10-17-19(28)8-15(27)9-20(17)29/h8-9,11,13-14,16,24H,4-7,10,12H2,1-3H3,(H,32,37)/t13-,14+,16-/m1/s1. The molecule has 0 unspecified atom stereocenters. The fraction of sp³-hybridized carbons (Fsp3) is 0.500. The van der Waals surface area contributed by atoms with Gasteiger partial charge in [0.25, 0.3) is 11.8 Å². The van der Waals surface area contributed by atoms with E-state index in [4.69, 9.17) is 4.74 Å². The van der Waals surface area contributed by atoms with E-state index in [2.05, 4.69) is 5.32 Å². The maximum atomic E-state index is 14.1. The number of fused-ring (bicyclic) bond motifs is 4. The predicted molar refractivity (Wildman–Crippen MR) is 131 cm³/mol. The van der Waals surface area contributed by atoms with Crippen LogP contribution in [0.3, 0.4) is 0 Å². The number of nitrogens with one attached hydrogen (secondary N) is 1. The van der Waals surface area contributed by atoms with Gasteiger partial charge in [-0.3, -0.25) is 24.1 Å². The number of rotatable bonds is 8. The fourth-order valence-electron chi connectivity index (χ4n) is 4.94. The molecule has 0 spiro atoms. The smallest absolute Gasteiger partial charge is 0.278 e. The van der Waals surface area contributed by atoms with Crippen molar-refractivity contribution in [3.63, 3.8) is 0 Å². The van der Waals surface area contributed by atoms with Gasteiger partial charge in [0, 0.05) is 48.4 Å². The van der Waals surface area contributed by atoms with Gasteiger partial charge in [-0.25, -0.2) is 22.0 Å². The second-order valence-corrected chi connectivity index (χ2v) is 9.81. The monoisotopic (exact) mass is 556 g/mol. The third-order valence-electron chi connectivity index (χ3n) is 7.26. The Bertz CT molecular complexity index is 1310. The summed E-state index contributed by atoms with van der Waals surface area (Å²) in [5.74, 6) is -6.81. The summed E-state index contributed by atoms with van der Waals surface area (Å²) in [6, 6.07) is -0.429. The molecule has 2 aromatic rings. The molecule has 2 aliphatic heterocycles. The van der Waals surface area contributed by atoms with Gasteiger partial charge >= 0.3 is 0 Å². The molecular formula is C26H29F5N4O4. The van der Waals surface area contributed by atoms with Crippen molar-refractivity contribution in [2.45, 2.75) is 65.1 Å². The molecule has 3 atom stereocenters. The summed E-state index contributed by atoms with van der Waals surface area (Å²) in [6.07, 6.45) is -0.316. The Morgan fingerprint density at radius 3 is 2.44 bits per heavy atom. The molecule has 2 aliphatic rings. The van der Waals surface area contributed by atoms with Crippen molar-refractivity contribution in [3.8, 4) is 5.75 Å². The van der Waals surface area contributed by atoms with Crippen molar-refractivity contribution < 1.29 is 36.3 Å². The third kappa shape index (κ3) is 5.30. The Morgan fingerprint density at radius 2 is 1.82 bits per heavy atom. The van der Waals surface area contributed by atoms with Crippen LogP contribution in [-0.4, -0.2) is 53.2 Å². The third-order valence-corrected chi connectivity index (χ3v) is 7.26. The van der Waals surface area contributed by atoms with Crippen LogP contribution in [-0.2, 0) is 6.54 Å². The molecular weight excluding hydrogens is 527 g/mol. The maximum Gasteiger partial charge on any atom is 0.278 e. The molecule has 0 aliphatic carbocycles. The van der Waals surface area contributed by atoms with E-state index in [9.17, 15) is 36.3 Å². The van der Waals surface area contributed by atoms with Crippen molar-refractivity contribution in [1.29, 1.82) is 0 Å². The molecule has 8 nitrogen and oxygen atoms in total. The Kier molecular flexibility index (Phi) is 8.17. The highest BCUT2D eigenvalue weighted by Gasteiger charge is 2.45. The molecule has 0 radical (unpaired) electrons. The van der Waals surface area contributed by atoms with Gasteiger partial charge in [0.05, 0.1) is 6.61 Å². The molecule has 2 amide bonds. The zero-order valence-electron chi connectivity index (χ0n) is 21.6. The Labute approximate surface area is 221 Å². The summed E-state index contributed by atoms with van der Waals surface area (Å²) in [5.41, 5.74) is -2.22. The second kappa shape index (κ2) is 11.2. The van der Waals surface area contributed by atoms with Crippen LogP contribution in [0.2, 0.25) is 0 Å². The number of alkyl halides is 2. The van der Waals surface area contributed by atoms with Crippen molar-refractivity contribution in [2.24, 2.45) is 5.92 Å². The van der Waals surface area contributed by atoms with E-state index in [1.165, 1.54) is 16.5 Å². The van der Waals surface area contributed by atoms with E-state index in [1.807, 2.05) is 6.92 Å². The minimum absolute atomic E-state index is 0.0326. The van der Waals surface area contributed by atoms with Gasteiger partial charge in [0.15, 0.2) is 11.4 Å². The number of carbonyl (C=O) groups is 2. The van der Waals surface area contributed by atoms with Crippen LogP contribution in [0.15, 0.2) is 23.1 Å². The number of nitrogens with zero attached hydrogens (tertiary/aromatic N) is 3. The van der Waals surface area contributed by atoms with Crippen molar-refractivity contribution in [2.75, 3.05) is 18.3 Å². The van der Waals surface area contributed by atoms with Gasteiger partial charge in [0.2, 0.25) is 11.9 Å². The lowest BCUT2D eigenvalue weighted by Gasteiger charge is -2.42. The Morgan fingerprint density at radius 1 is 1.15 bits per heavy atom. The predicted octanol–water partition coefficient (Wildman–Crippen LogP) is 3.79. The topological polar surface area (TPSA) is 83.9 Å². The largest absolute Gasteiger partial charge is 0.487 e. The summed E-state index contributed by atoms with van der Waals surface area (Å²) in [5, 5.41) is 3.85. The maximum absolute atomic E-state index is 14.1. The fourth-order valence-corrected chi connectivity index (χ4v) is 4.94. The number of halogens is 5. The van der Waals surface area contributed by atoms with Gasteiger partial charge in [-0.1, -0.05) is 13.3 Å². The molecule has 212 valence electrons. The molecule has 1 saturated heterocycles. The summed E-state index contributed by atoms with van der Waals surface area (Å²) >= 11 is 0. The summed E-state index contributed by atoms with van der Waals surface area (Å²) in [4.78, 5) is 41.4. The van der Waals surface area contributed by atoms with E-state index in [1.54, 1.807) is 11.9 Å². The first-order chi connectivity index (χ1) is 18.5. The molecule has 1 N–H and O–H groups in total. The van der Waals surface area contributed by atoms with Gasteiger partial charge in [-0.2, -0.15) is 0 Å². The minimum Gasteiger partial charge on any atom is -0.487 e. The van der Waals surface area contributed by atoms with Crippen LogP contribution in [0.4, 0.5) is 22.0 Å². The van der Waals surface area contributed by atoms with E-state index in [0.717, 1.165) is 6.20 Å². The van der Waals surface area contributed by atoms with Crippen LogP contribution in [0.1, 0.15) is 66.4 Å². The quantitative estimate of drug-likeness (QED) is 0.395. The number of carbonyl (C=O) groups excluding carboxylic acids is 2. The molecule has 1 aromatic carbocycles. The Hall–Kier alpha value is -3.64. The lowest BCUT2D eigenvalue weighted by atomic mass is 9.94. The van der Waals surface area contributed by atoms with E-state index < -0.39 is 82.5 Å². The molecule has 0 saturated carbocycles. The number of unbranched alkanes of at least 4 members (excludes halogenated alkanes) is 1. The van der Waals surface area contributed by atoms with E-state index in [0.29, 0.717) is 25.0 Å². The lowest BCUT2D eigenvalue weighted by molar-refractivity contribution is 0.0206. The number of pyridine rings is 1. The molecule has 39 heavy (non-hydrogen) atoms. The number of ether oxygens (including phenoxy) is 1. The molecule has 1 fully saturated rings. The average Bonchev–Trinajstić information content (AvgIpc) is 2.98. The van der Waals surface area contributed by atoms with Crippen LogP contribution >= 0.6 is 0 Å². The van der Waals surface area contributed by atoms with E-state index >= 15 is 0 Å². The minimum atomic E-state index is -2.69. The van der Waals surface area contributed by atoms with Gasteiger partial charge in [0.1, 0.15) is 29.7 Å². The average molecular weight is 557 g/mol. The number of hydrogen-bond acceptors (Lipinski definition) is 5. The highest BCUT2D eigenvalue weighted by atomic mass is 19.3. The first-order valence-corrected chi connectivity index (χ1v) is 12.7. The molecule has 13 heteroatoms. The molecule has 3 heterocycles. The summed E-state index contributed by atoms with van der Waals surface area (Å²) in [6.45, 7) is 4.40. The molecule has 4 rings (SSSR count). The zero-order chi connectivity index (χ0) is 28.6. The Balaban J connectivity index is 1.77. The first kappa shape index (κ1) is 28.4. The van der Waals surface area contributed by atoms with Crippen molar-refractivity contribution in [3.05, 3.63) is 62.8 Å². The zero-order valence-corrected chi connectivity index (χ0v) is 21.6. The molecule has 2 bridgehead atoms. The number of amides is 2. The van der Waals surface area contributed by atoms with Crippen LogP contribution in [0, 0.1) is 23.4 Å². The van der Waals surface area contributed by atoms with Crippen LogP contribution in [0.25, 0.3) is 0 Å². The SMILES string of the molecule is CCCCOc1c2n(cc(C(=O)NCc3c(F)cc(F)cc3F)c1=O)N1CN(C2=O)[C@@H](C)[C@H](C(F)F)C[C@H]1C. The first-order valence-electron chi connectivity index (χ1n) is 12.7. The molecule has 1 aromatic heterocycles. The number of hydrogen-bond donors (Lipinski definition) is 1. The number of aromatic nitrogens is 1. The summed E-state index contributed by atoms with van der Waals surface area (Å²) < 4.78 is 76.2. The highest BCUT2D eigenvalue weighted by molar-refractivity contribution is 5.99. The lowest BCUT2D eigenvalue weighted by Crippen LogP contribution is -2.58. The van der Waals surface area contributed by atoms with E-state index in [-0.39, 0.29) is 25.4 Å². The van der Waals surface area contributed by atoms with Crippen molar-refractivity contribution in [1.82, 2.24) is 14.9 Å². The highest BCUT2D eigenvalue weighted by Crippen LogP contribution is 2.34.